The summed E-state index contributed by atoms with van der Waals surface area (Å²) in [7, 11) is 0. The molecule has 1 aromatic carbocycles. The second-order valence-corrected chi connectivity index (χ2v) is 4.86. The van der Waals surface area contributed by atoms with Crippen molar-refractivity contribution in [3.8, 4) is 0 Å². The zero-order valence-electron chi connectivity index (χ0n) is 8.34. The molecule has 0 aliphatic heterocycles. The predicted molar refractivity (Wildman–Crippen MR) is 68.8 cm³/mol. The fourth-order valence-electron chi connectivity index (χ4n) is 1.70. The average molecular weight is 302 g/mol. The highest BCUT2D eigenvalue weighted by molar-refractivity contribution is 9.10. The largest absolute Gasteiger partial charge is 0.360 e. The van der Waals surface area contributed by atoms with Gasteiger partial charge in [0.25, 0.3) is 0 Å². The highest BCUT2D eigenvalue weighted by atomic mass is 79.9. The third kappa shape index (κ3) is 2.00. The van der Waals surface area contributed by atoms with Gasteiger partial charge in [-0.15, -0.1) is 0 Å². The van der Waals surface area contributed by atoms with Gasteiger partial charge in [-0.25, -0.2) is 0 Å². The van der Waals surface area contributed by atoms with E-state index in [-0.39, 0.29) is 0 Å². The molecule has 84 valence electrons. The molecule has 1 aromatic heterocycles. The van der Waals surface area contributed by atoms with E-state index >= 15 is 0 Å². The summed E-state index contributed by atoms with van der Waals surface area (Å²) in [6.45, 7) is 0. The van der Waals surface area contributed by atoms with Crippen LogP contribution in [0.5, 0.6) is 0 Å². The van der Waals surface area contributed by atoms with Crippen LogP contribution in [0.2, 0.25) is 5.02 Å². The molecule has 0 amide bonds. The molecular weight excluding hydrogens is 291 g/mol. The summed E-state index contributed by atoms with van der Waals surface area (Å²) in [5, 5.41) is 1.65. The van der Waals surface area contributed by atoms with Crippen LogP contribution >= 0.6 is 27.5 Å². The van der Waals surface area contributed by atoms with E-state index in [1.165, 1.54) is 0 Å². The molecule has 2 aromatic rings. The maximum Gasteiger partial charge on any atom is 0.137 e. The molecule has 5 heteroatoms. The van der Waals surface area contributed by atoms with Gasteiger partial charge in [0.1, 0.15) is 6.29 Å². The molecule has 0 spiro atoms. The second kappa shape index (κ2) is 4.57. The monoisotopic (exact) mass is 300 g/mol. The maximum absolute atomic E-state index is 10.5. The van der Waals surface area contributed by atoms with Crippen molar-refractivity contribution < 1.29 is 4.79 Å². The number of nitrogens with two attached hydrogens (primary N) is 1. The van der Waals surface area contributed by atoms with Crippen molar-refractivity contribution >= 4 is 44.7 Å². The number of fused-ring (bicyclic) bond motifs is 1. The van der Waals surface area contributed by atoms with Crippen LogP contribution in [0.3, 0.4) is 0 Å². The Morgan fingerprint density at radius 2 is 2.31 bits per heavy atom. The standard InChI is InChI=1S/C11H10BrClN2O/c12-8-1-2-9(13)11-10(8)6(4-15-11)3-7(14)5-16/h1-2,4-5,7,15H,3,14H2/t7-/m0/s1. The lowest BCUT2D eigenvalue weighted by atomic mass is 10.1. The molecule has 2 rings (SSSR count). The van der Waals surface area contributed by atoms with Crippen molar-refractivity contribution in [3.05, 3.63) is 33.4 Å². The summed E-state index contributed by atoms with van der Waals surface area (Å²) in [4.78, 5) is 13.6. The van der Waals surface area contributed by atoms with Crippen molar-refractivity contribution in [2.45, 2.75) is 12.5 Å². The number of aromatic nitrogens is 1. The Balaban J connectivity index is 2.55. The van der Waals surface area contributed by atoms with E-state index in [0.29, 0.717) is 11.4 Å². The molecule has 0 saturated heterocycles. The number of carbonyl (C=O) groups is 1. The summed E-state index contributed by atoms with van der Waals surface area (Å²) in [5.41, 5.74) is 7.47. The predicted octanol–water partition coefficient (Wildman–Crippen LogP) is 2.65. The molecule has 0 fully saturated rings. The number of rotatable bonds is 3. The Morgan fingerprint density at radius 1 is 1.56 bits per heavy atom. The van der Waals surface area contributed by atoms with Gasteiger partial charge in [0.2, 0.25) is 0 Å². The third-order valence-corrected chi connectivity index (χ3v) is 3.42. The number of benzene rings is 1. The minimum Gasteiger partial charge on any atom is -0.360 e. The van der Waals surface area contributed by atoms with Crippen molar-refractivity contribution in [3.63, 3.8) is 0 Å². The minimum absolute atomic E-state index is 0.482. The third-order valence-electron chi connectivity index (χ3n) is 2.45. The number of nitrogens with one attached hydrogen (secondary N) is 1. The first kappa shape index (κ1) is 11.6. The van der Waals surface area contributed by atoms with Crippen molar-refractivity contribution in [1.29, 1.82) is 0 Å². The molecule has 0 aliphatic carbocycles. The van der Waals surface area contributed by atoms with Crippen LogP contribution in [0.4, 0.5) is 0 Å². The van der Waals surface area contributed by atoms with Crippen LogP contribution in [0.1, 0.15) is 5.56 Å². The van der Waals surface area contributed by atoms with Gasteiger partial charge in [0.15, 0.2) is 0 Å². The fraction of sp³-hybridized carbons (Fsp3) is 0.182. The maximum atomic E-state index is 10.5. The molecular formula is C11H10BrClN2O. The van der Waals surface area contributed by atoms with E-state index in [4.69, 9.17) is 17.3 Å². The lowest BCUT2D eigenvalue weighted by Crippen LogP contribution is -2.23. The molecule has 1 atom stereocenters. The second-order valence-electron chi connectivity index (χ2n) is 3.60. The van der Waals surface area contributed by atoms with Gasteiger partial charge in [0.05, 0.1) is 16.6 Å². The van der Waals surface area contributed by atoms with Gasteiger partial charge >= 0.3 is 0 Å². The van der Waals surface area contributed by atoms with Gasteiger partial charge in [-0.2, -0.15) is 0 Å². The molecule has 3 nitrogen and oxygen atoms in total. The van der Waals surface area contributed by atoms with Crippen LogP contribution in [0.25, 0.3) is 10.9 Å². The number of halogens is 2. The van der Waals surface area contributed by atoms with Crippen LogP contribution in [0, 0.1) is 0 Å². The molecule has 0 saturated carbocycles. The topological polar surface area (TPSA) is 58.9 Å². The van der Waals surface area contributed by atoms with Crippen LogP contribution in [0.15, 0.2) is 22.8 Å². The van der Waals surface area contributed by atoms with Crippen LogP contribution in [-0.2, 0) is 11.2 Å². The molecule has 0 radical (unpaired) electrons. The zero-order chi connectivity index (χ0) is 11.7. The van der Waals surface area contributed by atoms with Crippen LogP contribution < -0.4 is 5.73 Å². The molecule has 0 bridgehead atoms. The summed E-state index contributed by atoms with van der Waals surface area (Å²) in [5.74, 6) is 0. The number of hydrogen-bond acceptors (Lipinski definition) is 2. The highest BCUT2D eigenvalue weighted by Gasteiger charge is 2.12. The minimum atomic E-state index is -0.482. The lowest BCUT2D eigenvalue weighted by Gasteiger charge is -2.04. The van der Waals surface area contributed by atoms with Gasteiger partial charge in [0, 0.05) is 16.1 Å². The van der Waals surface area contributed by atoms with Gasteiger partial charge in [-0.1, -0.05) is 27.5 Å². The number of carbonyl (C=O) groups excluding carboxylic acids is 1. The highest BCUT2D eigenvalue weighted by Crippen LogP contribution is 2.32. The van der Waals surface area contributed by atoms with E-state index in [1.807, 2.05) is 18.3 Å². The molecule has 16 heavy (non-hydrogen) atoms. The van der Waals surface area contributed by atoms with Crippen molar-refractivity contribution in [2.75, 3.05) is 0 Å². The van der Waals surface area contributed by atoms with Crippen molar-refractivity contribution in [1.82, 2.24) is 4.98 Å². The SMILES string of the molecule is N[C@H](C=O)Cc1c[nH]c2c(Cl)ccc(Br)c12. The first-order valence-electron chi connectivity index (χ1n) is 4.78. The quantitative estimate of drug-likeness (QED) is 0.856. The number of H-pyrrole nitrogens is 1. The number of aldehydes is 1. The first-order valence-corrected chi connectivity index (χ1v) is 5.95. The Morgan fingerprint density at radius 3 is 3.00 bits per heavy atom. The van der Waals surface area contributed by atoms with E-state index in [1.54, 1.807) is 0 Å². The van der Waals surface area contributed by atoms with E-state index in [0.717, 1.165) is 27.2 Å². The normalized spacial score (nSPS) is 12.9. The summed E-state index contributed by atoms with van der Waals surface area (Å²) in [6.07, 6.45) is 3.09. The number of aromatic amines is 1. The Bertz CT molecular complexity index is 538. The Hall–Kier alpha value is -0.840. The van der Waals surface area contributed by atoms with Gasteiger partial charge < -0.3 is 15.5 Å². The molecule has 0 aliphatic rings. The zero-order valence-corrected chi connectivity index (χ0v) is 10.7. The first-order chi connectivity index (χ1) is 7.63. The molecule has 3 N–H and O–H groups in total. The van der Waals surface area contributed by atoms with Crippen LogP contribution in [-0.4, -0.2) is 17.3 Å². The Labute approximate surface area is 106 Å². The van der Waals surface area contributed by atoms with Gasteiger partial charge in [-0.05, 0) is 24.1 Å². The van der Waals surface area contributed by atoms with E-state index < -0.39 is 6.04 Å². The summed E-state index contributed by atoms with van der Waals surface area (Å²) < 4.78 is 0.946. The lowest BCUT2D eigenvalue weighted by molar-refractivity contribution is -0.108. The number of hydrogen-bond donors (Lipinski definition) is 2. The molecule has 0 unspecified atom stereocenters. The molecule has 1 heterocycles. The van der Waals surface area contributed by atoms with E-state index in [2.05, 4.69) is 20.9 Å². The average Bonchev–Trinajstić information content (AvgIpc) is 2.68. The van der Waals surface area contributed by atoms with E-state index in [9.17, 15) is 4.79 Å². The Kier molecular flexibility index (Phi) is 3.33. The van der Waals surface area contributed by atoms with Gasteiger partial charge in [-0.3, -0.25) is 0 Å². The summed E-state index contributed by atoms with van der Waals surface area (Å²) in [6, 6.07) is 3.22. The fourth-order valence-corrected chi connectivity index (χ4v) is 2.50. The smallest absolute Gasteiger partial charge is 0.137 e. The summed E-state index contributed by atoms with van der Waals surface area (Å²) >= 11 is 9.52. The van der Waals surface area contributed by atoms with Crippen molar-refractivity contribution in [2.24, 2.45) is 5.73 Å².